The molecule has 0 spiro atoms. The van der Waals surface area contributed by atoms with Gasteiger partial charge in [0.25, 0.3) is 0 Å². The summed E-state index contributed by atoms with van der Waals surface area (Å²) in [5, 5.41) is 0.315. The van der Waals surface area contributed by atoms with Crippen LogP contribution in [0.4, 0.5) is 0 Å². The number of aromatic nitrogens is 4. The van der Waals surface area contributed by atoms with E-state index < -0.39 is 15.3 Å². The van der Waals surface area contributed by atoms with Crippen LogP contribution in [0.1, 0.15) is 27.7 Å². The first-order valence-corrected chi connectivity index (χ1v) is 15.4. The van der Waals surface area contributed by atoms with Crippen molar-refractivity contribution in [3.8, 4) is 0 Å². The standard InChI is InChI=1S/C19H36ClN5O5P2/c1-5-28-31(26,8-4)13-11-24(12-14-32(27,29-6-2)30-7-3)9-10-25-16-23-17-18(20)21-15-22-19(17)25/h15-16,26,31H,5-14H2,1-4H3. The van der Waals surface area contributed by atoms with Gasteiger partial charge in [-0.05, 0) is 0 Å². The summed E-state index contributed by atoms with van der Waals surface area (Å²) in [6, 6.07) is 0. The fourth-order valence-corrected chi connectivity index (χ4v) is 7.11. The van der Waals surface area contributed by atoms with Gasteiger partial charge in [-0.25, -0.2) is 0 Å². The van der Waals surface area contributed by atoms with Crippen LogP contribution >= 0.6 is 26.9 Å². The van der Waals surface area contributed by atoms with Crippen LogP contribution in [0.15, 0.2) is 12.7 Å². The Morgan fingerprint density at radius 1 is 1.09 bits per heavy atom. The Labute approximate surface area is 195 Å². The van der Waals surface area contributed by atoms with Crippen molar-refractivity contribution >= 4 is 38.1 Å². The van der Waals surface area contributed by atoms with Crippen molar-refractivity contribution in [2.75, 3.05) is 57.9 Å². The van der Waals surface area contributed by atoms with Gasteiger partial charge < -0.3 is 0 Å². The summed E-state index contributed by atoms with van der Waals surface area (Å²) in [5.41, 5.74) is 1.22. The average molecular weight is 512 g/mol. The van der Waals surface area contributed by atoms with E-state index in [1.54, 1.807) is 20.2 Å². The van der Waals surface area contributed by atoms with Gasteiger partial charge in [-0.2, -0.15) is 0 Å². The molecule has 0 saturated carbocycles. The van der Waals surface area contributed by atoms with E-state index in [2.05, 4.69) is 19.9 Å². The van der Waals surface area contributed by atoms with Crippen LogP contribution in [0.2, 0.25) is 5.15 Å². The first kappa shape index (κ1) is 27.5. The Balaban J connectivity index is 2.11. The molecule has 0 aromatic carbocycles. The van der Waals surface area contributed by atoms with E-state index in [1.165, 1.54) is 6.33 Å². The average Bonchev–Trinajstić information content (AvgIpc) is 3.18. The third kappa shape index (κ3) is 7.96. The molecule has 0 amide bonds. The molecule has 13 heteroatoms. The molecular weight excluding hydrogens is 476 g/mol. The van der Waals surface area contributed by atoms with Crippen molar-refractivity contribution in [2.24, 2.45) is 0 Å². The van der Waals surface area contributed by atoms with Gasteiger partial charge in [0.1, 0.15) is 0 Å². The molecular formula is C19H36ClN5O5P2. The first-order valence-electron chi connectivity index (χ1n) is 11.1. The summed E-state index contributed by atoms with van der Waals surface area (Å²) >= 11 is 6.10. The van der Waals surface area contributed by atoms with E-state index >= 15 is 0 Å². The monoisotopic (exact) mass is 511 g/mol. The van der Waals surface area contributed by atoms with Crippen molar-refractivity contribution in [3.63, 3.8) is 0 Å². The summed E-state index contributed by atoms with van der Waals surface area (Å²) in [6.45, 7) is 10.9. The molecule has 32 heavy (non-hydrogen) atoms. The van der Waals surface area contributed by atoms with Crippen LogP contribution in [0.25, 0.3) is 11.2 Å². The van der Waals surface area contributed by atoms with Gasteiger partial charge in [-0.1, -0.05) is 0 Å². The van der Waals surface area contributed by atoms with E-state index in [-0.39, 0.29) is 6.16 Å². The molecule has 1 N–H and O–H groups in total. The Bertz CT molecular complexity index is 879. The zero-order valence-corrected chi connectivity index (χ0v) is 22.0. The predicted molar refractivity (Wildman–Crippen MR) is 130 cm³/mol. The molecule has 0 unspecified atom stereocenters. The minimum absolute atomic E-state index is 0.272. The summed E-state index contributed by atoms with van der Waals surface area (Å²) in [7, 11) is -5.94. The number of hydrogen-bond donors (Lipinski definition) is 1. The van der Waals surface area contributed by atoms with Gasteiger partial charge in [0, 0.05) is 0 Å². The molecule has 0 aliphatic heterocycles. The van der Waals surface area contributed by atoms with E-state index in [0.29, 0.717) is 74.6 Å². The topological polar surface area (TPSA) is 112 Å². The number of halogens is 1. The molecule has 0 fully saturated rings. The maximum atomic E-state index is 12.9. The van der Waals surface area contributed by atoms with Crippen molar-refractivity contribution in [1.29, 1.82) is 0 Å². The van der Waals surface area contributed by atoms with Crippen LogP contribution in [0.3, 0.4) is 0 Å². The molecule has 2 aromatic rings. The van der Waals surface area contributed by atoms with E-state index in [9.17, 15) is 9.46 Å². The SMILES string of the molecule is CCOP(=O)(CCN(CCn1cnc2c(Cl)ncnc21)CC[PH](O)(CC)OCC)OCC. The number of fused-ring (bicyclic) bond motifs is 1. The van der Waals surface area contributed by atoms with Crippen LogP contribution in [0, 0.1) is 0 Å². The Morgan fingerprint density at radius 3 is 2.44 bits per heavy atom. The summed E-state index contributed by atoms with van der Waals surface area (Å²) in [4.78, 5) is 25.5. The normalized spacial score (nSPS) is 13.3. The second kappa shape index (κ2) is 13.3. The molecule has 0 aliphatic rings. The quantitative estimate of drug-likeness (QED) is 0.266. The van der Waals surface area contributed by atoms with Gasteiger partial charge in [-0.3, -0.25) is 0 Å². The predicted octanol–water partition coefficient (Wildman–Crippen LogP) is 3.68. The molecule has 184 valence electrons. The number of hydrogen-bond acceptors (Lipinski definition) is 9. The molecule has 0 aliphatic carbocycles. The molecule has 0 atom stereocenters. The van der Waals surface area contributed by atoms with E-state index in [4.69, 9.17) is 25.2 Å². The Morgan fingerprint density at radius 2 is 1.81 bits per heavy atom. The van der Waals surface area contributed by atoms with Crippen LogP contribution in [-0.2, 0) is 24.7 Å². The van der Waals surface area contributed by atoms with E-state index in [0.717, 1.165) is 0 Å². The number of nitrogens with zero attached hydrogens (tertiary/aromatic N) is 5. The summed E-state index contributed by atoms with van der Waals surface area (Å²) < 4.78 is 31.4. The minimum atomic E-state index is -3.17. The van der Waals surface area contributed by atoms with Crippen LogP contribution in [0.5, 0.6) is 0 Å². The summed E-state index contributed by atoms with van der Waals surface area (Å²) in [6.07, 6.45) is 4.55. The molecule has 10 nitrogen and oxygen atoms in total. The van der Waals surface area contributed by atoms with Gasteiger partial charge in [-0.15, -0.1) is 0 Å². The zero-order chi connectivity index (χ0) is 23.6. The summed E-state index contributed by atoms with van der Waals surface area (Å²) in [5.74, 6) is 0. The Hall–Kier alpha value is -0.700. The van der Waals surface area contributed by atoms with Crippen molar-refractivity contribution in [3.05, 3.63) is 17.8 Å². The van der Waals surface area contributed by atoms with Crippen LogP contribution < -0.4 is 0 Å². The third-order valence-electron chi connectivity index (χ3n) is 5.14. The van der Waals surface area contributed by atoms with Gasteiger partial charge in [0.05, 0.1) is 0 Å². The second-order valence-electron chi connectivity index (χ2n) is 7.27. The van der Waals surface area contributed by atoms with Gasteiger partial charge in [0.15, 0.2) is 0 Å². The van der Waals surface area contributed by atoms with Crippen molar-refractivity contribution in [1.82, 2.24) is 24.4 Å². The van der Waals surface area contributed by atoms with Gasteiger partial charge >= 0.3 is 196 Å². The van der Waals surface area contributed by atoms with Crippen LogP contribution in [-0.4, -0.2) is 87.3 Å². The second-order valence-corrected chi connectivity index (χ2v) is 13.2. The van der Waals surface area contributed by atoms with E-state index in [1.807, 2.05) is 18.4 Å². The number of imidazole rings is 1. The van der Waals surface area contributed by atoms with Gasteiger partial charge in [0.2, 0.25) is 0 Å². The Kier molecular flexibility index (Phi) is 11.4. The molecule has 2 aromatic heterocycles. The maximum absolute atomic E-state index is 12.9. The van der Waals surface area contributed by atoms with Crippen molar-refractivity contribution < 1.29 is 23.0 Å². The molecule has 0 radical (unpaired) electrons. The molecule has 0 saturated heterocycles. The molecule has 2 heterocycles. The molecule has 2 rings (SSSR count). The number of rotatable bonds is 16. The molecule has 0 bridgehead atoms. The first-order chi connectivity index (χ1) is 15.3. The third-order valence-corrected chi connectivity index (χ3v) is 10.4. The fraction of sp³-hybridized carbons (Fsp3) is 0.737. The zero-order valence-electron chi connectivity index (χ0n) is 19.4. The van der Waals surface area contributed by atoms with Crippen molar-refractivity contribution in [2.45, 2.75) is 34.2 Å². The fourth-order valence-electron chi connectivity index (χ4n) is 3.38.